The Balaban J connectivity index is 1.99. The van der Waals surface area contributed by atoms with E-state index in [1.165, 1.54) is 32.1 Å². The molecule has 18 heavy (non-hydrogen) atoms. The fourth-order valence-corrected chi connectivity index (χ4v) is 2.62. The van der Waals surface area contributed by atoms with Gasteiger partial charge in [-0.3, -0.25) is 0 Å². The van der Waals surface area contributed by atoms with Gasteiger partial charge in [-0.25, -0.2) is 4.79 Å². The van der Waals surface area contributed by atoms with Crippen LogP contribution in [-0.2, 0) is 6.54 Å². The number of furan rings is 1. The van der Waals surface area contributed by atoms with Crippen LogP contribution in [0.2, 0.25) is 0 Å². The molecule has 1 aliphatic rings. The van der Waals surface area contributed by atoms with Gasteiger partial charge in [-0.1, -0.05) is 19.3 Å². The Morgan fingerprint density at radius 3 is 2.67 bits per heavy atom. The maximum atomic E-state index is 10.8. The first-order chi connectivity index (χ1) is 8.50. The van der Waals surface area contributed by atoms with Crippen molar-refractivity contribution in [2.75, 3.05) is 0 Å². The van der Waals surface area contributed by atoms with E-state index in [0.29, 0.717) is 12.3 Å². The number of aryl methyl sites for hydroxylation is 1. The van der Waals surface area contributed by atoms with E-state index in [0.717, 1.165) is 5.56 Å². The van der Waals surface area contributed by atoms with Crippen LogP contribution in [0.1, 0.15) is 60.9 Å². The second-order valence-electron chi connectivity index (χ2n) is 5.47. The fourth-order valence-electron chi connectivity index (χ4n) is 2.62. The van der Waals surface area contributed by atoms with Crippen molar-refractivity contribution in [1.82, 2.24) is 5.32 Å². The number of nitrogens with one attached hydrogen (secondary N) is 1. The second kappa shape index (κ2) is 5.14. The number of hydrogen-bond acceptors (Lipinski definition) is 3. The van der Waals surface area contributed by atoms with E-state index in [2.05, 4.69) is 12.2 Å². The predicted molar refractivity (Wildman–Crippen MR) is 68.7 cm³/mol. The van der Waals surface area contributed by atoms with Crippen molar-refractivity contribution in [1.29, 1.82) is 0 Å². The Morgan fingerprint density at radius 1 is 1.44 bits per heavy atom. The Morgan fingerprint density at radius 2 is 2.11 bits per heavy atom. The molecule has 0 spiro atoms. The highest BCUT2D eigenvalue weighted by Crippen LogP contribution is 2.28. The van der Waals surface area contributed by atoms with Gasteiger partial charge < -0.3 is 14.8 Å². The van der Waals surface area contributed by atoms with Gasteiger partial charge in [0.05, 0.1) is 0 Å². The van der Waals surface area contributed by atoms with Crippen LogP contribution in [0.25, 0.3) is 0 Å². The molecule has 4 nitrogen and oxygen atoms in total. The van der Waals surface area contributed by atoms with Crippen molar-refractivity contribution >= 4 is 5.97 Å². The molecule has 1 heterocycles. The third-order valence-electron chi connectivity index (χ3n) is 3.89. The van der Waals surface area contributed by atoms with Crippen LogP contribution >= 0.6 is 0 Å². The molecule has 0 amide bonds. The average molecular weight is 251 g/mol. The SMILES string of the molecule is Cc1oc(C(=O)O)cc1CNC1(C)CCCCC1. The molecule has 1 aromatic heterocycles. The minimum atomic E-state index is -1.01. The zero-order valence-corrected chi connectivity index (χ0v) is 11.1. The third-order valence-corrected chi connectivity index (χ3v) is 3.89. The number of carboxylic acid groups (broad SMARTS) is 1. The first-order valence-electron chi connectivity index (χ1n) is 6.58. The topological polar surface area (TPSA) is 62.5 Å². The van der Waals surface area contributed by atoms with Crippen LogP contribution in [0.3, 0.4) is 0 Å². The van der Waals surface area contributed by atoms with Gasteiger partial charge in [0.25, 0.3) is 0 Å². The van der Waals surface area contributed by atoms with E-state index in [-0.39, 0.29) is 11.3 Å². The molecule has 0 aliphatic heterocycles. The molecule has 1 aliphatic carbocycles. The van der Waals surface area contributed by atoms with E-state index in [9.17, 15) is 4.79 Å². The van der Waals surface area contributed by atoms with Gasteiger partial charge in [-0.15, -0.1) is 0 Å². The van der Waals surface area contributed by atoms with Crippen LogP contribution in [0.15, 0.2) is 10.5 Å². The van der Waals surface area contributed by atoms with Gasteiger partial charge in [0.15, 0.2) is 0 Å². The zero-order chi connectivity index (χ0) is 13.2. The van der Waals surface area contributed by atoms with Gasteiger partial charge in [-0.2, -0.15) is 0 Å². The molecular formula is C14H21NO3. The van der Waals surface area contributed by atoms with Gasteiger partial charge in [0.1, 0.15) is 5.76 Å². The number of carbonyl (C=O) groups is 1. The fraction of sp³-hybridized carbons (Fsp3) is 0.643. The summed E-state index contributed by atoms with van der Waals surface area (Å²) in [5, 5.41) is 12.4. The van der Waals surface area contributed by atoms with Crippen molar-refractivity contribution in [2.45, 2.75) is 58.0 Å². The highest BCUT2D eigenvalue weighted by molar-refractivity contribution is 5.84. The predicted octanol–water partition coefficient (Wildman–Crippen LogP) is 3.10. The number of hydrogen-bond donors (Lipinski definition) is 2. The quantitative estimate of drug-likeness (QED) is 0.863. The van der Waals surface area contributed by atoms with E-state index in [1.807, 2.05) is 6.92 Å². The average Bonchev–Trinajstić information content (AvgIpc) is 2.70. The molecule has 1 saturated carbocycles. The van der Waals surface area contributed by atoms with E-state index >= 15 is 0 Å². The van der Waals surface area contributed by atoms with Crippen LogP contribution in [0.5, 0.6) is 0 Å². The molecule has 4 heteroatoms. The maximum Gasteiger partial charge on any atom is 0.371 e. The summed E-state index contributed by atoms with van der Waals surface area (Å²) in [6, 6.07) is 1.62. The van der Waals surface area contributed by atoms with E-state index in [4.69, 9.17) is 9.52 Å². The van der Waals surface area contributed by atoms with Gasteiger partial charge in [0, 0.05) is 17.6 Å². The van der Waals surface area contributed by atoms with Crippen molar-refractivity contribution in [3.05, 3.63) is 23.2 Å². The zero-order valence-electron chi connectivity index (χ0n) is 11.1. The lowest BCUT2D eigenvalue weighted by Crippen LogP contribution is -2.43. The largest absolute Gasteiger partial charge is 0.475 e. The summed E-state index contributed by atoms with van der Waals surface area (Å²) in [7, 11) is 0. The van der Waals surface area contributed by atoms with Gasteiger partial charge in [-0.05, 0) is 32.8 Å². The van der Waals surface area contributed by atoms with Crippen molar-refractivity contribution in [3.63, 3.8) is 0 Å². The van der Waals surface area contributed by atoms with Crippen molar-refractivity contribution < 1.29 is 14.3 Å². The molecule has 2 rings (SSSR count). The number of carboxylic acids is 1. The number of rotatable bonds is 4. The first kappa shape index (κ1) is 13.1. The van der Waals surface area contributed by atoms with E-state index in [1.54, 1.807) is 6.07 Å². The normalized spacial score (nSPS) is 18.8. The Bertz CT molecular complexity index is 430. The smallest absolute Gasteiger partial charge is 0.371 e. The summed E-state index contributed by atoms with van der Waals surface area (Å²) >= 11 is 0. The van der Waals surface area contributed by atoms with Crippen LogP contribution in [0, 0.1) is 6.92 Å². The van der Waals surface area contributed by atoms with Gasteiger partial charge in [0.2, 0.25) is 5.76 Å². The first-order valence-corrected chi connectivity index (χ1v) is 6.58. The molecule has 0 unspecified atom stereocenters. The molecule has 1 aromatic rings. The highest BCUT2D eigenvalue weighted by Gasteiger charge is 2.26. The molecule has 1 fully saturated rings. The minimum absolute atomic E-state index is 0.0260. The third kappa shape index (κ3) is 2.93. The molecule has 100 valence electrons. The molecule has 0 saturated heterocycles. The lowest BCUT2D eigenvalue weighted by molar-refractivity contribution is 0.0661. The summed E-state index contributed by atoms with van der Waals surface area (Å²) in [5.41, 5.74) is 1.13. The Kier molecular flexibility index (Phi) is 3.76. The Hall–Kier alpha value is -1.29. The van der Waals surface area contributed by atoms with Crippen molar-refractivity contribution in [3.8, 4) is 0 Å². The summed E-state index contributed by atoms with van der Waals surface area (Å²) in [6.07, 6.45) is 6.25. The summed E-state index contributed by atoms with van der Waals surface area (Å²) < 4.78 is 5.21. The molecular weight excluding hydrogens is 230 g/mol. The highest BCUT2D eigenvalue weighted by atomic mass is 16.4. The number of aromatic carboxylic acids is 1. The summed E-state index contributed by atoms with van der Waals surface area (Å²) in [5.74, 6) is -0.286. The molecule has 0 aromatic carbocycles. The maximum absolute atomic E-state index is 10.8. The lowest BCUT2D eigenvalue weighted by atomic mass is 9.83. The van der Waals surface area contributed by atoms with E-state index < -0.39 is 5.97 Å². The van der Waals surface area contributed by atoms with Crippen LogP contribution < -0.4 is 5.32 Å². The molecule has 0 atom stereocenters. The second-order valence-corrected chi connectivity index (χ2v) is 5.47. The van der Waals surface area contributed by atoms with Gasteiger partial charge >= 0.3 is 5.97 Å². The standard InChI is InChI=1S/C14H21NO3/c1-10-11(8-12(18-10)13(16)17)9-15-14(2)6-4-3-5-7-14/h8,15H,3-7,9H2,1-2H3,(H,16,17). The lowest BCUT2D eigenvalue weighted by Gasteiger charge is -2.34. The minimum Gasteiger partial charge on any atom is -0.475 e. The van der Waals surface area contributed by atoms with Crippen LogP contribution in [-0.4, -0.2) is 16.6 Å². The summed E-state index contributed by atoms with van der Waals surface area (Å²) in [6.45, 7) is 4.74. The van der Waals surface area contributed by atoms with Crippen molar-refractivity contribution in [2.24, 2.45) is 0 Å². The summed E-state index contributed by atoms with van der Waals surface area (Å²) in [4.78, 5) is 10.8. The molecule has 0 radical (unpaired) electrons. The molecule has 0 bridgehead atoms. The monoisotopic (exact) mass is 251 g/mol. The Labute approximate surface area is 107 Å². The molecule has 2 N–H and O–H groups in total. The van der Waals surface area contributed by atoms with Crippen LogP contribution in [0.4, 0.5) is 0 Å².